The Morgan fingerprint density at radius 1 is 0.833 bits per heavy atom. The van der Waals surface area contributed by atoms with E-state index in [1.54, 1.807) is 0 Å². The highest BCUT2D eigenvalue weighted by molar-refractivity contribution is 5.94. The molecule has 0 saturated carbocycles. The van der Waals surface area contributed by atoms with Crippen LogP contribution in [-0.2, 0) is 6.54 Å². The number of hydrogen-bond acceptors (Lipinski definition) is 4. The largest absolute Gasteiger partial charge is 0.351 e. The number of benzene rings is 3. The van der Waals surface area contributed by atoms with Crippen molar-refractivity contribution in [3.8, 4) is 0 Å². The second-order valence-corrected chi connectivity index (χ2v) is 10.0. The van der Waals surface area contributed by atoms with Gasteiger partial charge in [-0.2, -0.15) is 0 Å². The van der Waals surface area contributed by atoms with Gasteiger partial charge in [-0.25, -0.2) is 0 Å². The highest BCUT2D eigenvalue weighted by Gasteiger charge is 2.20. The van der Waals surface area contributed by atoms with Crippen molar-refractivity contribution in [2.45, 2.75) is 18.9 Å². The van der Waals surface area contributed by atoms with Gasteiger partial charge < -0.3 is 15.1 Å². The maximum atomic E-state index is 12.5. The Kier molecular flexibility index (Phi) is 9.68. The minimum Gasteiger partial charge on any atom is -0.351 e. The van der Waals surface area contributed by atoms with Gasteiger partial charge in [-0.15, -0.1) is 0 Å². The number of rotatable bonds is 11. The molecule has 0 bridgehead atoms. The Bertz CT molecular complexity index is 1020. The Balaban J connectivity index is 1.26. The van der Waals surface area contributed by atoms with E-state index in [9.17, 15) is 4.79 Å². The third kappa shape index (κ3) is 7.76. The van der Waals surface area contributed by atoms with Gasteiger partial charge >= 0.3 is 0 Å². The molecular weight excluding hydrogens is 444 g/mol. The summed E-state index contributed by atoms with van der Waals surface area (Å²) in [5.41, 5.74) is 4.75. The first-order chi connectivity index (χ1) is 17.6. The summed E-state index contributed by atoms with van der Waals surface area (Å²) >= 11 is 0. The van der Waals surface area contributed by atoms with Crippen LogP contribution in [0.3, 0.4) is 0 Å². The summed E-state index contributed by atoms with van der Waals surface area (Å²) in [6.07, 6.45) is 1.12. The maximum absolute atomic E-state index is 12.5. The second-order valence-electron chi connectivity index (χ2n) is 10.0. The first-order valence-electron chi connectivity index (χ1n) is 13.1. The van der Waals surface area contributed by atoms with Gasteiger partial charge in [0.25, 0.3) is 5.91 Å². The zero-order valence-electron chi connectivity index (χ0n) is 21.8. The first-order valence-corrected chi connectivity index (χ1v) is 13.1. The molecule has 5 nitrogen and oxygen atoms in total. The van der Waals surface area contributed by atoms with Crippen molar-refractivity contribution in [2.75, 3.05) is 59.9 Å². The molecule has 1 amide bonds. The molecule has 5 heteroatoms. The van der Waals surface area contributed by atoms with Crippen LogP contribution in [-0.4, -0.2) is 80.5 Å². The molecular formula is C31H40N4O. The smallest absolute Gasteiger partial charge is 0.251 e. The van der Waals surface area contributed by atoms with Crippen molar-refractivity contribution in [1.82, 2.24) is 20.0 Å². The van der Waals surface area contributed by atoms with Gasteiger partial charge in [0.15, 0.2) is 0 Å². The van der Waals surface area contributed by atoms with Gasteiger partial charge in [0, 0.05) is 57.3 Å². The lowest BCUT2D eigenvalue weighted by molar-refractivity contribution is 0.0950. The van der Waals surface area contributed by atoms with Crippen LogP contribution in [0.15, 0.2) is 84.9 Å². The van der Waals surface area contributed by atoms with E-state index >= 15 is 0 Å². The lowest BCUT2D eigenvalue weighted by atomic mass is 9.88. The molecule has 1 heterocycles. The summed E-state index contributed by atoms with van der Waals surface area (Å²) in [6.45, 7) is 7.78. The number of nitrogens with zero attached hydrogens (tertiary/aromatic N) is 3. The van der Waals surface area contributed by atoms with Crippen LogP contribution >= 0.6 is 0 Å². The highest BCUT2D eigenvalue weighted by Crippen LogP contribution is 2.28. The summed E-state index contributed by atoms with van der Waals surface area (Å²) in [7, 11) is 4.02. The Morgan fingerprint density at radius 2 is 1.44 bits per heavy atom. The standard InChI is InChI=1S/C31H40N4O/c1-33(2)19-17-32-31(36)29-15-9-10-26(24-29)25-35-22-20-34(21-23-35)18-16-30(27-11-5-3-6-12-27)28-13-7-4-8-14-28/h3-15,24,30H,16-23,25H2,1-2H3,(H,32,36). The maximum Gasteiger partial charge on any atom is 0.251 e. The third-order valence-corrected chi connectivity index (χ3v) is 7.04. The fourth-order valence-electron chi connectivity index (χ4n) is 4.94. The average molecular weight is 485 g/mol. The topological polar surface area (TPSA) is 38.8 Å². The Labute approximate surface area is 216 Å². The minimum atomic E-state index is 0.00917. The lowest BCUT2D eigenvalue weighted by Gasteiger charge is -2.35. The van der Waals surface area contributed by atoms with Crippen molar-refractivity contribution in [3.63, 3.8) is 0 Å². The summed E-state index contributed by atoms with van der Waals surface area (Å²) < 4.78 is 0. The lowest BCUT2D eigenvalue weighted by Crippen LogP contribution is -2.46. The number of likely N-dealkylation sites (N-methyl/N-ethyl adjacent to an activating group) is 1. The van der Waals surface area contributed by atoms with E-state index in [4.69, 9.17) is 0 Å². The molecule has 0 spiro atoms. The highest BCUT2D eigenvalue weighted by atomic mass is 16.1. The molecule has 1 saturated heterocycles. The quantitative estimate of drug-likeness (QED) is 0.440. The number of carbonyl (C=O) groups excluding carboxylic acids is 1. The third-order valence-electron chi connectivity index (χ3n) is 7.04. The van der Waals surface area contributed by atoms with Gasteiger partial charge in [-0.05, 0) is 55.9 Å². The van der Waals surface area contributed by atoms with Gasteiger partial charge in [0.1, 0.15) is 0 Å². The number of carbonyl (C=O) groups is 1. The van der Waals surface area contributed by atoms with Crippen LogP contribution in [0.2, 0.25) is 0 Å². The van der Waals surface area contributed by atoms with Gasteiger partial charge in [0.05, 0.1) is 0 Å². The molecule has 1 N–H and O–H groups in total. The van der Waals surface area contributed by atoms with E-state index in [1.165, 1.54) is 16.7 Å². The van der Waals surface area contributed by atoms with Gasteiger partial charge in [-0.3, -0.25) is 9.69 Å². The van der Waals surface area contributed by atoms with Crippen molar-refractivity contribution in [3.05, 3.63) is 107 Å². The first kappa shape index (κ1) is 26.1. The molecule has 0 aliphatic carbocycles. The fraction of sp³-hybridized carbons (Fsp3) is 0.387. The van der Waals surface area contributed by atoms with Crippen molar-refractivity contribution >= 4 is 5.91 Å². The van der Waals surface area contributed by atoms with Crippen LogP contribution in [0.4, 0.5) is 0 Å². The summed E-state index contributed by atoms with van der Waals surface area (Å²) in [4.78, 5) is 19.7. The molecule has 1 aliphatic rings. The number of hydrogen-bond donors (Lipinski definition) is 1. The molecule has 1 fully saturated rings. The number of piperazine rings is 1. The van der Waals surface area contributed by atoms with Gasteiger partial charge in [-0.1, -0.05) is 72.8 Å². The monoisotopic (exact) mass is 484 g/mol. The Hall–Kier alpha value is -2.99. The predicted molar refractivity (Wildman–Crippen MR) is 148 cm³/mol. The predicted octanol–water partition coefficient (Wildman–Crippen LogP) is 4.32. The van der Waals surface area contributed by atoms with Crippen LogP contribution in [0.5, 0.6) is 0 Å². The summed E-state index contributed by atoms with van der Waals surface area (Å²) in [5.74, 6) is 0.437. The molecule has 0 aromatic heterocycles. The van der Waals surface area contributed by atoms with E-state index in [-0.39, 0.29) is 5.91 Å². The van der Waals surface area contributed by atoms with Gasteiger partial charge in [0.2, 0.25) is 0 Å². The normalized spacial score (nSPS) is 14.9. The van der Waals surface area contributed by atoms with E-state index in [2.05, 4.69) is 86.7 Å². The van der Waals surface area contributed by atoms with Crippen molar-refractivity contribution in [2.24, 2.45) is 0 Å². The SMILES string of the molecule is CN(C)CCNC(=O)c1cccc(CN2CCN(CCC(c3ccccc3)c3ccccc3)CC2)c1. The summed E-state index contributed by atoms with van der Waals surface area (Å²) in [6, 6.07) is 29.9. The van der Waals surface area contributed by atoms with Crippen LogP contribution in [0.1, 0.15) is 39.4 Å². The number of amides is 1. The molecule has 4 rings (SSSR count). The second kappa shape index (κ2) is 13.4. The fourth-order valence-corrected chi connectivity index (χ4v) is 4.94. The van der Waals surface area contributed by atoms with E-state index in [1.807, 2.05) is 32.3 Å². The molecule has 1 aliphatic heterocycles. The Morgan fingerprint density at radius 3 is 2.06 bits per heavy atom. The molecule has 36 heavy (non-hydrogen) atoms. The summed E-state index contributed by atoms with van der Waals surface area (Å²) in [5, 5.41) is 3.01. The van der Waals surface area contributed by atoms with E-state index < -0.39 is 0 Å². The van der Waals surface area contributed by atoms with E-state index in [0.29, 0.717) is 12.5 Å². The van der Waals surface area contributed by atoms with Crippen LogP contribution < -0.4 is 5.32 Å². The molecule has 3 aromatic rings. The molecule has 0 atom stereocenters. The number of nitrogens with one attached hydrogen (secondary N) is 1. The zero-order valence-corrected chi connectivity index (χ0v) is 21.8. The average Bonchev–Trinajstić information content (AvgIpc) is 2.91. The van der Waals surface area contributed by atoms with Crippen LogP contribution in [0.25, 0.3) is 0 Å². The molecule has 190 valence electrons. The molecule has 3 aromatic carbocycles. The molecule has 0 radical (unpaired) electrons. The van der Waals surface area contributed by atoms with E-state index in [0.717, 1.165) is 57.8 Å². The van der Waals surface area contributed by atoms with Crippen LogP contribution in [0, 0.1) is 0 Å². The zero-order chi connectivity index (χ0) is 25.2. The van der Waals surface area contributed by atoms with Crippen molar-refractivity contribution in [1.29, 1.82) is 0 Å². The van der Waals surface area contributed by atoms with Crippen molar-refractivity contribution < 1.29 is 4.79 Å². The minimum absolute atomic E-state index is 0.00917. The molecule has 0 unspecified atom stereocenters.